The number of hydrogen-bond donors (Lipinski definition) is 1. The zero-order valence-electron chi connectivity index (χ0n) is 12.9. The maximum atomic E-state index is 12.2. The maximum Gasteiger partial charge on any atom is 0.286 e. The highest BCUT2D eigenvalue weighted by Gasteiger charge is 2.14. The predicted octanol–water partition coefficient (Wildman–Crippen LogP) is 3.10. The molecule has 0 spiro atoms. The number of benzene rings is 1. The Morgan fingerprint density at radius 1 is 1.26 bits per heavy atom. The average molecular weight is 335 g/mol. The fourth-order valence-electron chi connectivity index (χ4n) is 2.17. The van der Waals surface area contributed by atoms with Gasteiger partial charge in [0.1, 0.15) is 0 Å². The van der Waals surface area contributed by atoms with Crippen molar-refractivity contribution in [3.63, 3.8) is 0 Å². The van der Waals surface area contributed by atoms with Gasteiger partial charge in [0, 0.05) is 31.1 Å². The minimum absolute atomic E-state index is 0.0211. The van der Waals surface area contributed by atoms with Crippen molar-refractivity contribution >= 4 is 23.4 Å². The Balaban J connectivity index is 1.82. The molecule has 1 N–H and O–H groups in total. The molecule has 2 rings (SSSR count). The van der Waals surface area contributed by atoms with Crippen LogP contribution in [0.4, 0.5) is 0 Å². The lowest BCUT2D eigenvalue weighted by atomic mass is 10.2. The lowest BCUT2D eigenvalue weighted by Crippen LogP contribution is -2.34. The number of amides is 2. The molecule has 0 saturated carbocycles. The molecule has 2 aromatic rings. The number of furan rings is 1. The first-order valence-electron chi connectivity index (χ1n) is 7.44. The van der Waals surface area contributed by atoms with Gasteiger partial charge in [-0.1, -0.05) is 23.7 Å². The van der Waals surface area contributed by atoms with E-state index in [4.69, 9.17) is 16.0 Å². The highest BCUT2D eigenvalue weighted by atomic mass is 35.5. The van der Waals surface area contributed by atoms with Crippen LogP contribution in [0.15, 0.2) is 47.1 Å². The average Bonchev–Trinajstić information content (AvgIpc) is 3.07. The summed E-state index contributed by atoms with van der Waals surface area (Å²) in [4.78, 5) is 25.7. The Morgan fingerprint density at radius 2 is 2.09 bits per heavy atom. The summed E-state index contributed by atoms with van der Waals surface area (Å²) in [7, 11) is 0. The summed E-state index contributed by atoms with van der Waals surface area (Å²) in [5.41, 5.74) is 0.979. The van der Waals surface area contributed by atoms with E-state index in [1.807, 2.05) is 25.1 Å². The van der Waals surface area contributed by atoms with Gasteiger partial charge in [-0.25, -0.2) is 0 Å². The SMILES string of the molecule is CCN(Cc1cccc(Cl)c1)C(=O)CCNC(=O)c1ccco1. The number of rotatable bonds is 7. The molecule has 6 heteroatoms. The molecule has 5 nitrogen and oxygen atoms in total. The Labute approximate surface area is 140 Å². The lowest BCUT2D eigenvalue weighted by molar-refractivity contribution is -0.131. The number of hydrogen-bond acceptors (Lipinski definition) is 3. The summed E-state index contributed by atoms with van der Waals surface area (Å²) in [6.07, 6.45) is 1.67. The second-order valence-electron chi connectivity index (χ2n) is 5.02. The Bertz CT molecular complexity index is 656. The van der Waals surface area contributed by atoms with Crippen LogP contribution in [0, 0.1) is 0 Å². The number of nitrogens with zero attached hydrogens (tertiary/aromatic N) is 1. The summed E-state index contributed by atoms with van der Waals surface area (Å²) < 4.78 is 4.99. The van der Waals surface area contributed by atoms with Gasteiger partial charge in [0.15, 0.2) is 5.76 Å². The zero-order valence-corrected chi connectivity index (χ0v) is 13.7. The molecule has 0 radical (unpaired) electrons. The van der Waals surface area contributed by atoms with Crippen molar-refractivity contribution in [2.75, 3.05) is 13.1 Å². The van der Waals surface area contributed by atoms with Crippen LogP contribution in [0.2, 0.25) is 5.02 Å². The molecule has 0 bridgehead atoms. The maximum absolute atomic E-state index is 12.2. The summed E-state index contributed by atoms with van der Waals surface area (Å²) in [5, 5.41) is 3.32. The van der Waals surface area contributed by atoms with Gasteiger partial charge in [-0.05, 0) is 36.8 Å². The molecular weight excluding hydrogens is 316 g/mol. The van der Waals surface area contributed by atoms with E-state index < -0.39 is 0 Å². The first kappa shape index (κ1) is 17.1. The molecule has 0 saturated heterocycles. The molecule has 23 heavy (non-hydrogen) atoms. The van der Waals surface area contributed by atoms with Crippen molar-refractivity contribution in [1.82, 2.24) is 10.2 Å². The summed E-state index contributed by atoms with van der Waals surface area (Å²) >= 11 is 5.96. The molecule has 1 aromatic carbocycles. The molecular formula is C17H19ClN2O3. The normalized spacial score (nSPS) is 10.3. The number of carbonyl (C=O) groups is 2. The molecule has 0 atom stereocenters. The smallest absolute Gasteiger partial charge is 0.286 e. The van der Waals surface area contributed by atoms with E-state index in [2.05, 4.69) is 5.32 Å². The van der Waals surface area contributed by atoms with E-state index in [-0.39, 0.29) is 30.5 Å². The minimum Gasteiger partial charge on any atom is -0.459 e. The summed E-state index contributed by atoms with van der Waals surface area (Å²) in [6.45, 7) is 3.29. The Hall–Kier alpha value is -2.27. The molecule has 0 unspecified atom stereocenters. The molecule has 1 heterocycles. The van der Waals surface area contributed by atoms with E-state index in [0.29, 0.717) is 18.1 Å². The fourth-order valence-corrected chi connectivity index (χ4v) is 2.38. The topological polar surface area (TPSA) is 62.6 Å². The Morgan fingerprint density at radius 3 is 2.74 bits per heavy atom. The van der Waals surface area contributed by atoms with Gasteiger partial charge in [-0.3, -0.25) is 9.59 Å². The van der Waals surface area contributed by atoms with Gasteiger partial charge in [0.05, 0.1) is 6.26 Å². The van der Waals surface area contributed by atoms with Crippen LogP contribution < -0.4 is 5.32 Å². The highest BCUT2D eigenvalue weighted by molar-refractivity contribution is 6.30. The summed E-state index contributed by atoms with van der Waals surface area (Å²) in [6, 6.07) is 10.7. The van der Waals surface area contributed by atoms with Crippen LogP contribution in [0.25, 0.3) is 0 Å². The highest BCUT2D eigenvalue weighted by Crippen LogP contribution is 2.13. The van der Waals surface area contributed by atoms with Gasteiger partial charge in [0.25, 0.3) is 5.91 Å². The van der Waals surface area contributed by atoms with Gasteiger partial charge in [-0.2, -0.15) is 0 Å². The van der Waals surface area contributed by atoms with Crippen molar-refractivity contribution in [2.24, 2.45) is 0 Å². The van der Waals surface area contributed by atoms with E-state index in [9.17, 15) is 9.59 Å². The molecule has 0 fully saturated rings. The molecule has 0 aliphatic heterocycles. The second kappa shape index (κ2) is 8.39. The first-order chi connectivity index (χ1) is 11.1. The number of nitrogens with one attached hydrogen (secondary N) is 1. The Kier molecular flexibility index (Phi) is 6.23. The third-order valence-corrected chi connectivity index (χ3v) is 3.60. The van der Waals surface area contributed by atoms with Crippen LogP contribution in [-0.2, 0) is 11.3 Å². The van der Waals surface area contributed by atoms with Crippen molar-refractivity contribution < 1.29 is 14.0 Å². The third-order valence-electron chi connectivity index (χ3n) is 3.37. The molecule has 1 aromatic heterocycles. The second-order valence-corrected chi connectivity index (χ2v) is 5.46. The number of halogens is 1. The van der Waals surface area contributed by atoms with E-state index >= 15 is 0 Å². The standard InChI is InChI=1S/C17H19ClN2O3/c1-2-20(12-13-5-3-6-14(18)11-13)16(21)8-9-19-17(22)15-7-4-10-23-15/h3-7,10-11H,2,8-9,12H2,1H3,(H,19,22). The summed E-state index contributed by atoms with van der Waals surface area (Å²) in [5.74, 6) is -0.100. The fraction of sp³-hybridized carbons (Fsp3) is 0.294. The van der Waals surface area contributed by atoms with Gasteiger partial charge < -0.3 is 14.6 Å². The van der Waals surface area contributed by atoms with Crippen LogP contribution >= 0.6 is 11.6 Å². The predicted molar refractivity (Wildman–Crippen MR) is 88.2 cm³/mol. The number of carbonyl (C=O) groups excluding carboxylic acids is 2. The van der Waals surface area contributed by atoms with Crippen molar-refractivity contribution in [1.29, 1.82) is 0 Å². The monoisotopic (exact) mass is 334 g/mol. The van der Waals surface area contributed by atoms with Gasteiger partial charge in [-0.15, -0.1) is 0 Å². The lowest BCUT2D eigenvalue weighted by Gasteiger charge is -2.21. The molecule has 2 amide bonds. The van der Waals surface area contributed by atoms with E-state index in [1.165, 1.54) is 6.26 Å². The molecule has 0 aliphatic carbocycles. The largest absolute Gasteiger partial charge is 0.459 e. The quantitative estimate of drug-likeness (QED) is 0.846. The molecule has 0 aliphatic rings. The van der Waals surface area contributed by atoms with Crippen molar-refractivity contribution in [3.8, 4) is 0 Å². The van der Waals surface area contributed by atoms with Crippen LogP contribution in [0.1, 0.15) is 29.5 Å². The van der Waals surface area contributed by atoms with Crippen LogP contribution in [-0.4, -0.2) is 29.8 Å². The molecule has 122 valence electrons. The van der Waals surface area contributed by atoms with Crippen LogP contribution in [0.5, 0.6) is 0 Å². The van der Waals surface area contributed by atoms with Crippen LogP contribution in [0.3, 0.4) is 0 Å². The third kappa shape index (κ3) is 5.14. The van der Waals surface area contributed by atoms with E-state index in [0.717, 1.165) is 5.56 Å². The van der Waals surface area contributed by atoms with Crippen molar-refractivity contribution in [2.45, 2.75) is 19.9 Å². The van der Waals surface area contributed by atoms with Gasteiger partial charge in [0.2, 0.25) is 5.91 Å². The van der Waals surface area contributed by atoms with Gasteiger partial charge >= 0.3 is 0 Å². The first-order valence-corrected chi connectivity index (χ1v) is 7.82. The van der Waals surface area contributed by atoms with E-state index in [1.54, 1.807) is 23.1 Å². The minimum atomic E-state index is -0.319. The van der Waals surface area contributed by atoms with Crippen molar-refractivity contribution in [3.05, 3.63) is 59.0 Å². The zero-order chi connectivity index (χ0) is 16.7.